The molecule has 0 aliphatic carbocycles. The molecule has 0 aromatic rings. The Morgan fingerprint density at radius 3 is 2.75 bits per heavy atom. The van der Waals surface area contributed by atoms with Gasteiger partial charge in [-0.2, -0.15) is 0 Å². The minimum Gasteiger partial charge on any atom is -0.299 e. The summed E-state index contributed by atoms with van der Waals surface area (Å²) >= 11 is 3.23. The van der Waals surface area contributed by atoms with E-state index in [-0.39, 0.29) is 0 Å². The Morgan fingerprint density at radius 1 is 1.75 bits per heavy atom. The highest BCUT2D eigenvalue weighted by molar-refractivity contribution is 9.12. The number of hydrogen-bond acceptors (Lipinski definition) is 1. The van der Waals surface area contributed by atoms with Crippen molar-refractivity contribution in [3.05, 3.63) is 22.0 Å². The fourth-order valence-electron chi connectivity index (χ4n) is 0.598. The van der Waals surface area contributed by atoms with Gasteiger partial charge < -0.3 is 0 Å². The second kappa shape index (κ2) is 2.31. The molecule has 0 aromatic heterocycles. The van der Waals surface area contributed by atoms with Gasteiger partial charge in [-0.1, -0.05) is 22.0 Å². The van der Waals surface area contributed by atoms with Gasteiger partial charge >= 0.3 is 0 Å². The maximum atomic E-state index is 10.1. The van der Waals surface area contributed by atoms with E-state index < -0.39 is 0 Å². The van der Waals surface area contributed by atoms with Gasteiger partial charge in [-0.3, -0.25) is 4.79 Å². The van der Waals surface area contributed by atoms with E-state index in [4.69, 9.17) is 0 Å². The summed E-state index contributed by atoms with van der Waals surface area (Å²) in [6, 6.07) is 0. The third kappa shape index (κ3) is 0.918. The zero-order valence-electron chi connectivity index (χ0n) is 4.23. The Kier molecular flexibility index (Phi) is 1.68. The molecule has 1 rings (SSSR count). The first-order valence-corrected chi connectivity index (χ1v) is 3.14. The van der Waals surface area contributed by atoms with E-state index in [0.717, 1.165) is 23.5 Å². The molecule has 0 bridgehead atoms. The molecule has 0 saturated heterocycles. The minimum absolute atomic E-state index is 0.782. The summed E-state index contributed by atoms with van der Waals surface area (Å²) in [6.45, 7) is 0. The highest BCUT2D eigenvalue weighted by Crippen LogP contribution is 2.15. The van der Waals surface area contributed by atoms with Crippen LogP contribution in [0.2, 0.25) is 0 Å². The van der Waals surface area contributed by atoms with Gasteiger partial charge in [-0.15, -0.1) is 5.98 Å². The minimum atomic E-state index is 0.782. The molecule has 0 saturated carbocycles. The second-order valence-corrected chi connectivity index (χ2v) is 2.45. The van der Waals surface area contributed by atoms with Gasteiger partial charge in [0.2, 0.25) is 0 Å². The summed E-state index contributed by atoms with van der Waals surface area (Å²) in [5.41, 5.74) is 0.838. The van der Waals surface area contributed by atoms with Crippen molar-refractivity contribution in [2.75, 3.05) is 0 Å². The van der Waals surface area contributed by atoms with Gasteiger partial charge in [-0.05, 0) is 5.47 Å². The Labute approximate surface area is 56.8 Å². The third-order valence-electron chi connectivity index (χ3n) is 1.05. The van der Waals surface area contributed by atoms with Crippen LogP contribution in [-0.2, 0) is 4.79 Å². The van der Waals surface area contributed by atoms with E-state index in [2.05, 4.69) is 15.9 Å². The van der Waals surface area contributed by atoms with Gasteiger partial charge in [0, 0.05) is 4.48 Å². The average Bonchev–Trinajstić information content (AvgIpc) is 2.14. The number of rotatable bonds is 1. The molecule has 8 heavy (non-hydrogen) atoms. The molecule has 1 heterocycles. The molecular weight excluding hydrogens is 167 g/mol. The van der Waals surface area contributed by atoms with Crippen molar-refractivity contribution in [2.45, 2.75) is 0 Å². The summed E-state index contributed by atoms with van der Waals surface area (Å²) in [7, 11) is 0.782. The number of aldehydes is 1. The van der Waals surface area contributed by atoms with Crippen LogP contribution in [-0.4, -0.2) is 13.6 Å². The van der Waals surface area contributed by atoms with Crippen molar-refractivity contribution in [3.63, 3.8) is 0 Å². The van der Waals surface area contributed by atoms with Crippen LogP contribution < -0.4 is 0 Å². The molecule has 0 amide bonds. The van der Waals surface area contributed by atoms with E-state index in [1.54, 1.807) is 0 Å². The second-order valence-electron chi connectivity index (χ2n) is 1.60. The largest absolute Gasteiger partial charge is 0.299 e. The predicted molar refractivity (Wildman–Crippen MR) is 38.3 cm³/mol. The van der Waals surface area contributed by atoms with Crippen molar-refractivity contribution in [1.29, 1.82) is 0 Å². The normalized spacial score (nSPS) is 16.6. The van der Waals surface area contributed by atoms with Gasteiger partial charge in [0.05, 0.1) is 0 Å². The quantitative estimate of drug-likeness (QED) is 0.420. The summed E-state index contributed by atoms with van der Waals surface area (Å²) in [5, 5.41) is 0. The Hall–Kier alpha value is -0.305. The molecule has 0 atom stereocenters. The van der Waals surface area contributed by atoms with Crippen LogP contribution in [0.3, 0.4) is 0 Å². The van der Waals surface area contributed by atoms with Crippen molar-refractivity contribution < 1.29 is 4.79 Å². The van der Waals surface area contributed by atoms with Gasteiger partial charge in [-0.25, -0.2) is 0 Å². The number of hydrogen-bond donors (Lipinski definition) is 0. The van der Waals surface area contributed by atoms with Gasteiger partial charge in [0.25, 0.3) is 0 Å². The van der Waals surface area contributed by atoms with Crippen LogP contribution in [0, 0.1) is 0 Å². The topological polar surface area (TPSA) is 17.1 Å². The van der Waals surface area contributed by atoms with Crippen LogP contribution >= 0.6 is 15.9 Å². The fourth-order valence-corrected chi connectivity index (χ4v) is 1.04. The number of halogens is 1. The fraction of sp³-hybridized carbons (Fsp3) is 0. The van der Waals surface area contributed by atoms with E-state index in [0.29, 0.717) is 0 Å². The van der Waals surface area contributed by atoms with Crippen LogP contribution in [0.25, 0.3) is 0 Å². The molecule has 0 N–H and O–H groups in total. The monoisotopic (exact) mass is 170 g/mol. The molecule has 3 heteroatoms. The Balaban J connectivity index is 2.82. The smallest absolute Gasteiger partial charge is 0.188 e. The molecule has 0 radical (unpaired) electrons. The first kappa shape index (κ1) is 5.82. The molecule has 0 unspecified atom stereocenters. The molecule has 1 nitrogen and oxygen atoms in total. The van der Waals surface area contributed by atoms with Crippen molar-refractivity contribution in [2.24, 2.45) is 0 Å². The number of carbonyl (C=O) groups excluding carboxylic acids is 1. The number of carbonyl (C=O) groups is 1. The Morgan fingerprint density at radius 2 is 2.50 bits per heavy atom. The van der Waals surface area contributed by atoms with Gasteiger partial charge in [0.1, 0.15) is 6.29 Å². The molecular formula is C5H4BBrO. The molecule has 0 aromatic carbocycles. The molecule has 40 valence electrons. The summed E-state index contributed by atoms with van der Waals surface area (Å²) in [6.07, 6.45) is 2.77. The lowest BCUT2D eigenvalue weighted by Gasteiger charge is -1.83. The maximum Gasteiger partial charge on any atom is 0.188 e. The number of allylic oxidation sites excluding steroid dienone is 3. The third-order valence-corrected chi connectivity index (χ3v) is 1.82. The van der Waals surface area contributed by atoms with Crippen LogP contribution in [0.4, 0.5) is 0 Å². The maximum absolute atomic E-state index is 10.1. The zero-order chi connectivity index (χ0) is 5.98. The lowest BCUT2D eigenvalue weighted by atomic mass is 9.74. The van der Waals surface area contributed by atoms with E-state index in [1.807, 2.05) is 12.1 Å². The SMILES string of the molecule is O=CC1=C(Br)C=CB1. The van der Waals surface area contributed by atoms with E-state index in [1.165, 1.54) is 0 Å². The molecule has 1 aliphatic heterocycles. The van der Waals surface area contributed by atoms with Crippen molar-refractivity contribution in [3.8, 4) is 0 Å². The van der Waals surface area contributed by atoms with Crippen LogP contribution in [0.15, 0.2) is 22.0 Å². The first-order valence-electron chi connectivity index (χ1n) is 2.35. The molecule has 1 aliphatic rings. The van der Waals surface area contributed by atoms with Crippen LogP contribution in [0.5, 0.6) is 0 Å². The average molecular weight is 171 g/mol. The van der Waals surface area contributed by atoms with Crippen molar-refractivity contribution in [1.82, 2.24) is 0 Å². The molecule has 0 fully saturated rings. The lowest BCUT2D eigenvalue weighted by Crippen LogP contribution is -1.89. The first-order chi connectivity index (χ1) is 3.84. The van der Waals surface area contributed by atoms with Crippen molar-refractivity contribution >= 4 is 29.5 Å². The summed E-state index contributed by atoms with van der Waals surface area (Å²) in [5.74, 6) is 1.95. The highest BCUT2D eigenvalue weighted by atomic mass is 79.9. The van der Waals surface area contributed by atoms with E-state index in [9.17, 15) is 4.79 Å². The van der Waals surface area contributed by atoms with Gasteiger partial charge in [0.15, 0.2) is 7.28 Å². The Bertz CT molecular complexity index is 171. The zero-order valence-corrected chi connectivity index (χ0v) is 5.81. The molecule has 0 spiro atoms. The predicted octanol–water partition coefficient (Wildman–Crippen LogP) is 0.756. The van der Waals surface area contributed by atoms with Crippen LogP contribution in [0.1, 0.15) is 0 Å². The summed E-state index contributed by atoms with van der Waals surface area (Å²) in [4.78, 5) is 10.1. The summed E-state index contributed by atoms with van der Waals surface area (Å²) < 4.78 is 0.924. The standard InChI is InChI=1S/C5H4BBrO/c7-5-1-2-6-4(5)3-8/h1-3,6H. The lowest BCUT2D eigenvalue weighted by molar-refractivity contribution is -0.104. The highest BCUT2D eigenvalue weighted by Gasteiger charge is 2.04. The van der Waals surface area contributed by atoms with E-state index >= 15 is 0 Å².